The van der Waals surface area contributed by atoms with Gasteiger partial charge in [0.05, 0.1) is 34.6 Å². The average Bonchev–Trinajstić information content (AvgIpc) is 3.65. The van der Waals surface area contributed by atoms with Crippen molar-refractivity contribution in [2.24, 2.45) is 16.3 Å². The van der Waals surface area contributed by atoms with Crippen LogP contribution in [-0.4, -0.2) is 39.0 Å². The predicted octanol–water partition coefficient (Wildman–Crippen LogP) is 5.23. The topological polar surface area (TPSA) is 130 Å². The van der Waals surface area contributed by atoms with Crippen molar-refractivity contribution >= 4 is 17.4 Å². The SMILES string of the molecule is C[C@]1(c2ccc(Cl)cc2F)Oc2cccc(C3CCN(Cc4ncc(C(N)=NO)nc4CC4(C#N)CC4)CC3)c2O1. The Morgan fingerprint density at radius 1 is 1.24 bits per heavy atom. The molecule has 1 atom stereocenters. The summed E-state index contributed by atoms with van der Waals surface area (Å²) < 4.78 is 27.2. The van der Waals surface area contributed by atoms with Crippen molar-refractivity contribution in [3.63, 3.8) is 0 Å². The first-order chi connectivity index (χ1) is 19.7. The highest BCUT2D eigenvalue weighted by atomic mass is 35.5. The Kier molecular flexibility index (Phi) is 6.96. The highest BCUT2D eigenvalue weighted by Crippen LogP contribution is 2.50. The zero-order chi connectivity index (χ0) is 28.8. The van der Waals surface area contributed by atoms with E-state index in [1.165, 1.54) is 12.3 Å². The summed E-state index contributed by atoms with van der Waals surface area (Å²) in [6.07, 6.45) is 5.45. The molecule has 3 heterocycles. The number of hydrogen-bond donors (Lipinski definition) is 2. The monoisotopic (exact) mass is 576 g/mol. The van der Waals surface area contributed by atoms with E-state index in [2.05, 4.69) is 32.2 Å². The number of nitrogens with zero attached hydrogens (tertiary/aromatic N) is 5. The van der Waals surface area contributed by atoms with Crippen molar-refractivity contribution in [3.05, 3.63) is 81.6 Å². The second-order valence-electron chi connectivity index (χ2n) is 11.2. The van der Waals surface area contributed by atoms with Crippen molar-refractivity contribution in [1.82, 2.24) is 14.9 Å². The smallest absolute Gasteiger partial charge is 0.278 e. The summed E-state index contributed by atoms with van der Waals surface area (Å²) in [6, 6.07) is 12.7. The molecule has 0 bridgehead atoms. The summed E-state index contributed by atoms with van der Waals surface area (Å²) in [7, 11) is 0. The Hall–Kier alpha value is -3.94. The molecule has 6 rings (SSSR count). The van der Waals surface area contributed by atoms with Crippen molar-refractivity contribution < 1.29 is 19.1 Å². The molecule has 0 unspecified atom stereocenters. The van der Waals surface area contributed by atoms with Crippen LogP contribution in [0.15, 0.2) is 47.8 Å². The molecular formula is C30H30ClFN6O3. The summed E-state index contributed by atoms with van der Waals surface area (Å²) in [5.41, 5.74) is 8.51. The van der Waals surface area contributed by atoms with Crippen LogP contribution in [0.3, 0.4) is 0 Å². The number of likely N-dealkylation sites (tertiary alicyclic amines) is 1. The second kappa shape index (κ2) is 10.5. The molecule has 2 aromatic carbocycles. The maximum absolute atomic E-state index is 14.8. The molecule has 1 saturated carbocycles. The van der Waals surface area contributed by atoms with Gasteiger partial charge in [-0.25, -0.2) is 9.37 Å². The van der Waals surface area contributed by atoms with Crippen LogP contribution in [0.2, 0.25) is 5.02 Å². The third kappa shape index (κ3) is 5.27. The molecule has 2 aliphatic heterocycles. The Morgan fingerprint density at radius 2 is 2.02 bits per heavy atom. The molecule has 212 valence electrons. The minimum Gasteiger partial charge on any atom is -0.444 e. The van der Waals surface area contributed by atoms with E-state index in [4.69, 9.17) is 32.0 Å². The number of rotatable bonds is 7. The van der Waals surface area contributed by atoms with E-state index >= 15 is 0 Å². The molecule has 0 radical (unpaired) electrons. The molecule has 1 aromatic heterocycles. The fourth-order valence-corrected chi connectivity index (χ4v) is 5.91. The van der Waals surface area contributed by atoms with Gasteiger partial charge < -0.3 is 20.4 Å². The van der Waals surface area contributed by atoms with E-state index in [1.54, 1.807) is 19.1 Å². The van der Waals surface area contributed by atoms with Crippen molar-refractivity contribution in [1.29, 1.82) is 5.26 Å². The first-order valence-electron chi connectivity index (χ1n) is 13.7. The van der Waals surface area contributed by atoms with Gasteiger partial charge in [0.15, 0.2) is 17.3 Å². The number of para-hydroxylation sites is 1. The molecule has 41 heavy (non-hydrogen) atoms. The van der Waals surface area contributed by atoms with Crippen LogP contribution in [0, 0.1) is 22.6 Å². The molecule has 3 aliphatic rings. The number of piperidine rings is 1. The van der Waals surface area contributed by atoms with Crippen LogP contribution in [0.5, 0.6) is 11.5 Å². The van der Waals surface area contributed by atoms with Gasteiger partial charge in [-0.1, -0.05) is 28.9 Å². The van der Waals surface area contributed by atoms with E-state index in [0.29, 0.717) is 35.2 Å². The Bertz CT molecular complexity index is 1560. The minimum absolute atomic E-state index is 0.107. The maximum atomic E-state index is 14.8. The fourth-order valence-electron chi connectivity index (χ4n) is 5.75. The molecule has 0 amide bonds. The summed E-state index contributed by atoms with van der Waals surface area (Å²) in [5, 5.41) is 22.1. The molecule has 1 aliphatic carbocycles. The van der Waals surface area contributed by atoms with Crippen molar-refractivity contribution in [2.45, 2.75) is 57.3 Å². The van der Waals surface area contributed by atoms with Gasteiger partial charge in [0.1, 0.15) is 11.5 Å². The van der Waals surface area contributed by atoms with Crippen LogP contribution in [0.1, 0.15) is 66.7 Å². The van der Waals surface area contributed by atoms with Gasteiger partial charge in [0, 0.05) is 30.5 Å². The van der Waals surface area contributed by atoms with Crippen LogP contribution < -0.4 is 15.2 Å². The first kappa shape index (κ1) is 27.2. The number of nitriles is 1. The van der Waals surface area contributed by atoms with E-state index < -0.39 is 17.0 Å². The third-order valence-electron chi connectivity index (χ3n) is 8.33. The lowest BCUT2D eigenvalue weighted by Crippen LogP contribution is -2.34. The number of ether oxygens (including phenoxy) is 2. The number of aromatic nitrogens is 2. The molecule has 0 spiro atoms. The fraction of sp³-hybridized carbons (Fsp3) is 0.400. The average molecular weight is 577 g/mol. The van der Waals surface area contributed by atoms with Gasteiger partial charge in [-0.15, -0.1) is 0 Å². The summed E-state index contributed by atoms with van der Waals surface area (Å²) in [4.78, 5) is 11.5. The van der Waals surface area contributed by atoms with Crippen molar-refractivity contribution in [3.8, 4) is 17.6 Å². The number of amidine groups is 1. The highest BCUT2D eigenvalue weighted by Gasteiger charge is 2.45. The van der Waals surface area contributed by atoms with E-state index in [9.17, 15) is 9.65 Å². The quantitative estimate of drug-likeness (QED) is 0.169. The molecule has 1 saturated heterocycles. The second-order valence-corrected chi connectivity index (χ2v) is 11.6. The van der Waals surface area contributed by atoms with Gasteiger partial charge in [-0.2, -0.15) is 5.26 Å². The normalized spacial score (nSPS) is 22.0. The Balaban J connectivity index is 1.16. The maximum Gasteiger partial charge on any atom is 0.278 e. The molecule has 11 heteroatoms. The summed E-state index contributed by atoms with van der Waals surface area (Å²) in [6.45, 7) is 3.96. The van der Waals surface area contributed by atoms with Gasteiger partial charge in [0.25, 0.3) is 5.79 Å². The molecule has 9 nitrogen and oxygen atoms in total. The summed E-state index contributed by atoms with van der Waals surface area (Å²) in [5.74, 6) is -0.387. The molecular weight excluding hydrogens is 547 g/mol. The Morgan fingerprint density at radius 3 is 2.71 bits per heavy atom. The van der Waals surface area contributed by atoms with Crippen LogP contribution >= 0.6 is 11.6 Å². The van der Waals surface area contributed by atoms with Gasteiger partial charge in [0.2, 0.25) is 0 Å². The number of nitrogens with two attached hydrogens (primary N) is 1. The number of fused-ring (bicyclic) bond motifs is 1. The van der Waals surface area contributed by atoms with E-state index in [-0.39, 0.29) is 17.3 Å². The van der Waals surface area contributed by atoms with Crippen LogP contribution in [0.25, 0.3) is 0 Å². The number of benzene rings is 2. The standard InChI is InChI=1S/C30H30ClFN6O3/c1-29(21-6-5-19(31)13-22(21)32)40-26-4-2-3-20(27(26)41-29)18-7-11-38(12-8-18)16-25-23(14-30(17-33)9-10-30)36-24(15-35-25)28(34)37-39/h2-6,13,15,18,39H,7-12,14,16H2,1H3,(H2,34,37)/t29-/m0/s1. The van der Waals surface area contributed by atoms with Crippen molar-refractivity contribution in [2.75, 3.05) is 13.1 Å². The molecule has 3 aromatic rings. The van der Waals surface area contributed by atoms with Crippen LogP contribution in [0.4, 0.5) is 4.39 Å². The van der Waals surface area contributed by atoms with Gasteiger partial charge in [-0.05, 0) is 69.0 Å². The summed E-state index contributed by atoms with van der Waals surface area (Å²) >= 11 is 5.95. The van der Waals surface area contributed by atoms with E-state index in [1.807, 2.05) is 12.1 Å². The van der Waals surface area contributed by atoms with Gasteiger partial charge in [-0.3, -0.25) is 9.88 Å². The zero-order valence-electron chi connectivity index (χ0n) is 22.6. The lowest BCUT2D eigenvalue weighted by molar-refractivity contribution is -0.0712. The number of hydrogen-bond acceptors (Lipinski definition) is 8. The lowest BCUT2D eigenvalue weighted by atomic mass is 9.88. The molecule has 2 fully saturated rings. The number of oxime groups is 1. The van der Waals surface area contributed by atoms with Gasteiger partial charge >= 0.3 is 0 Å². The largest absolute Gasteiger partial charge is 0.444 e. The lowest BCUT2D eigenvalue weighted by Gasteiger charge is -2.32. The Labute approximate surface area is 242 Å². The minimum atomic E-state index is -1.29. The first-order valence-corrected chi connectivity index (χ1v) is 14.0. The van der Waals surface area contributed by atoms with Crippen LogP contribution in [-0.2, 0) is 18.8 Å². The molecule has 3 N–H and O–H groups in total. The predicted molar refractivity (Wildman–Crippen MR) is 149 cm³/mol. The van der Waals surface area contributed by atoms with E-state index in [0.717, 1.165) is 55.7 Å². The number of halogens is 2. The third-order valence-corrected chi connectivity index (χ3v) is 8.57. The highest BCUT2D eigenvalue weighted by molar-refractivity contribution is 6.30. The zero-order valence-corrected chi connectivity index (χ0v) is 23.4.